The summed E-state index contributed by atoms with van der Waals surface area (Å²) in [5.41, 5.74) is -0.153. The van der Waals surface area contributed by atoms with Gasteiger partial charge in [0.25, 0.3) is 0 Å². The quantitative estimate of drug-likeness (QED) is 0.0518. The molecule has 298 valence electrons. The van der Waals surface area contributed by atoms with Crippen LogP contribution in [0.5, 0.6) is 5.75 Å². The zero-order chi connectivity index (χ0) is 40.1. The summed E-state index contributed by atoms with van der Waals surface area (Å²) in [4.78, 5) is 52.0. The number of methoxy groups -OCH3 is 3. The lowest BCUT2D eigenvalue weighted by molar-refractivity contribution is -0.162. The standard InChI is InChI=1S/C38H58ClN3O11/c1-12-51-22-33(45)42(8)26(4)36(46)52-31(16-17-43)37(5)35(53-37)25(3)30(49-10)21-38(47,40-23-44)32(50-11)15-13-14-24(2)18-27-19-28(41(6)7)34(39)29(20-27)48-9/h13-15,17,19-20,23,25-26,30-32,35,47H,12,16,18,21-22H2,1-11H3,(H,40,44)/b15-13+,24-14+. The fraction of sp³-hybridized carbons (Fsp3) is 0.632. The summed E-state index contributed by atoms with van der Waals surface area (Å²) < 4.78 is 33.9. The maximum absolute atomic E-state index is 13.1. The van der Waals surface area contributed by atoms with E-state index in [-0.39, 0.29) is 19.4 Å². The highest BCUT2D eigenvalue weighted by Crippen LogP contribution is 2.48. The first kappa shape index (κ1) is 45.6. The van der Waals surface area contributed by atoms with Gasteiger partial charge < -0.3 is 53.4 Å². The van der Waals surface area contributed by atoms with Gasteiger partial charge in [0.05, 0.1) is 25.0 Å². The van der Waals surface area contributed by atoms with E-state index in [9.17, 15) is 24.3 Å². The van der Waals surface area contributed by atoms with Crippen molar-refractivity contribution in [2.24, 2.45) is 5.92 Å². The fourth-order valence-corrected chi connectivity index (χ4v) is 6.57. The molecule has 0 aliphatic carbocycles. The van der Waals surface area contributed by atoms with Crippen molar-refractivity contribution in [3.8, 4) is 5.75 Å². The van der Waals surface area contributed by atoms with E-state index in [1.165, 1.54) is 33.1 Å². The predicted molar refractivity (Wildman–Crippen MR) is 201 cm³/mol. The number of benzene rings is 1. The first-order valence-corrected chi connectivity index (χ1v) is 17.9. The van der Waals surface area contributed by atoms with Crippen LogP contribution in [0, 0.1) is 5.92 Å². The van der Waals surface area contributed by atoms with E-state index in [2.05, 4.69) is 5.32 Å². The van der Waals surface area contributed by atoms with Crippen molar-refractivity contribution in [1.82, 2.24) is 10.2 Å². The van der Waals surface area contributed by atoms with Crippen LogP contribution in [-0.4, -0.2) is 132 Å². The van der Waals surface area contributed by atoms with E-state index >= 15 is 0 Å². The van der Waals surface area contributed by atoms with Gasteiger partial charge in [-0.1, -0.05) is 42.3 Å². The topological polar surface area (TPSA) is 166 Å². The number of aliphatic hydroxyl groups is 1. The molecule has 1 aromatic carbocycles. The lowest BCUT2D eigenvalue weighted by Crippen LogP contribution is -2.57. The first-order chi connectivity index (χ1) is 25.0. The summed E-state index contributed by atoms with van der Waals surface area (Å²) in [5, 5.41) is 14.8. The second kappa shape index (κ2) is 20.8. The van der Waals surface area contributed by atoms with Crippen LogP contribution in [0.3, 0.4) is 0 Å². The third-order valence-electron chi connectivity index (χ3n) is 9.69. The number of amides is 2. The average molecular weight is 768 g/mol. The highest BCUT2D eigenvalue weighted by Gasteiger charge is 2.63. The van der Waals surface area contributed by atoms with Gasteiger partial charge in [-0.3, -0.25) is 9.59 Å². The molecule has 14 nitrogen and oxygen atoms in total. The number of esters is 1. The number of allylic oxidation sites excluding steroid dienone is 3. The first-order valence-electron chi connectivity index (χ1n) is 17.5. The second-order valence-corrected chi connectivity index (χ2v) is 14.0. The van der Waals surface area contributed by atoms with E-state index in [0.717, 1.165) is 16.8 Å². The largest absolute Gasteiger partial charge is 0.495 e. The van der Waals surface area contributed by atoms with Crippen LogP contribution in [0.25, 0.3) is 0 Å². The smallest absolute Gasteiger partial charge is 0.328 e. The molecule has 1 fully saturated rings. The van der Waals surface area contributed by atoms with Crippen molar-refractivity contribution >= 4 is 41.9 Å². The summed E-state index contributed by atoms with van der Waals surface area (Å²) in [6.45, 7) is 8.98. The summed E-state index contributed by atoms with van der Waals surface area (Å²) in [6, 6.07) is 2.94. The van der Waals surface area contributed by atoms with Gasteiger partial charge in [0.15, 0.2) is 5.72 Å². The maximum Gasteiger partial charge on any atom is 0.328 e. The molecule has 0 spiro atoms. The Labute approximate surface area is 318 Å². The van der Waals surface area contributed by atoms with Crippen molar-refractivity contribution in [3.05, 3.63) is 46.5 Å². The molecule has 15 heteroatoms. The fourth-order valence-electron chi connectivity index (χ4n) is 6.21. The van der Waals surface area contributed by atoms with E-state index < -0.39 is 59.6 Å². The van der Waals surface area contributed by atoms with Gasteiger partial charge in [0.2, 0.25) is 12.3 Å². The van der Waals surface area contributed by atoms with Crippen LogP contribution in [-0.2, 0) is 49.3 Å². The predicted octanol–water partition coefficient (Wildman–Crippen LogP) is 3.49. The molecule has 8 unspecified atom stereocenters. The van der Waals surface area contributed by atoms with E-state index in [4.69, 9.17) is 40.0 Å². The Hall–Kier alpha value is -3.53. The lowest BCUT2D eigenvalue weighted by Gasteiger charge is -2.37. The van der Waals surface area contributed by atoms with E-state index in [0.29, 0.717) is 36.5 Å². The molecule has 1 heterocycles. The zero-order valence-electron chi connectivity index (χ0n) is 32.8. The van der Waals surface area contributed by atoms with Gasteiger partial charge in [-0.15, -0.1) is 0 Å². The number of likely N-dealkylation sites (N-methyl/N-ethyl adjacent to an activating group) is 1. The minimum Gasteiger partial charge on any atom is -0.495 e. The van der Waals surface area contributed by atoms with Gasteiger partial charge in [0.1, 0.15) is 47.5 Å². The molecule has 0 saturated carbocycles. The number of rotatable bonds is 24. The minimum atomic E-state index is -1.90. The highest BCUT2D eigenvalue weighted by molar-refractivity contribution is 6.34. The summed E-state index contributed by atoms with van der Waals surface area (Å²) in [5.74, 6) is -0.942. The molecule has 8 atom stereocenters. The zero-order valence-corrected chi connectivity index (χ0v) is 33.6. The molecular formula is C38H58ClN3O11. The summed E-state index contributed by atoms with van der Waals surface area (Å²) in [6.07, 6.45) is 3.44. The third-order valence-corrected chi connectivity index (χ3v) is 10.1. The van der Waals surface area contributed by atoms with Crippen LogP contribution < -0.4 is 15.0 Å². The van der Waals surface area contributed by atoms with Gasteiger partial charge in [-0.2, -0.15) is 0 Å². The molecule has 0 aromatic heterocycles. The van der Waals surface area contributed by atoms with Gasteiger partial charge in [-0.25, -0.2) is 4.79 Å². The Kier molecular flexibility index (Phi) is 17.9. The molecule has 1 aliphatic heterocycles. The van der Waals surface area contributed by atoms with Crippen molar-refractivity contribution in [3.63, 3.8) is 0 Å². The van der Waals surface area contributed by atoms with E-state index in [1.54, 1.807) is 33.1 Å². The Bertz CT molecular complexity index is 1460. The van der Waals surface area contributed by atoms with Crippen LogP contribution in [0.15, 0.2) is 35.9 Å². The number of epoxide rings is 1. The second-order valence-electron chi connectivity index (χ2n) is 13.6. The number of anilines is 1. The number of hydrogen-bond acceptors (Lipinski definition) is 12. The number of halogens is 1. The normalized spacial score (nSPS) is 21.1. The number of nitrogens with zero attached hydrogens (tertiary/aromatic N) is 2. The lowest BCUT2D eigenvalue weighted by atomic mass is 9.84. The van der Waals surface area contributed by atoms with Crippen LogP contribution in [0.1, 0.15) is 53.0 Å². The molecule has 53 heavy (non-hydrogen) atoms. The monoisotopic (exact) mass is 767 g/mol. The molecule has 2 N–H and O–H groups in total. The Morgan fingerprint density at radius 1 is 1.15 bits per heavy atom. The van der Waals surface area contributed by atoms with Gasteiger partial charge in [0, 0.05) is 60.7 Å². The SMILES string of the molecule is CCOCC(=O)N(C)C(C)C(=O)OC(CC=O)C1(C)OC1C(C)C(CC(O)(NC=O)C(/C=C/C=C(\C)Cc1cc(OC)c(Cl)c(N(C)C)c1)OC)OC. The Morgan fingerprint density at radius 2 is 1.83 bits per heavy atom. The van der Waals surface area contributed by atoms with Crippen LogP contribution in [0.4, 0.5) is 5.69 Å². The maximum atomic E-state index is 13.1. The number of carbonyl (C=O) groups excluding carboxylic acids is 4. The molecule has 0 radical (unpaired) electrons. The van der Waals surface area contributed by atoms with Gasteiger partial charge in [-0.05, 0) is 51.8 Å². The average Bonchev–Trinajstić information content (AvgIpc) is 3.82. The Morgan fingerprint density at radius 3 is 2.38 bits per heavy atom. The summed E-state index contributed by atoms with van der Waals surface area (Å²) in [7, 11) is 9.74. The number of aldehydes is 1. The Balaban J connectivity index is 2.21. The molecule has 2 amide bonds. The number of hydrogen-bond donors (Lipinski definition) is 2. The van der Waals surface area contributed by atoms with Gasteiger partial charge >= 0.3 is 5.97 Å². The third kappa shape index (κ3) is 12.0. The molecule has 1 aromatic rings. The molecular weight excluding hydrogens is 710 g/mol. The number of nitrogens with one attached hydrogen (secondary N) is 1. The minimum absolute atomic E-state index is 0.106. The van der Waals surface area contributed by atoms with Crippen LogP contribution in [0.2, 0.25) is 5.02 Å². The van der Waals surface area contributed by atoms with Crippen LogP contribution >= 0.6 is 11.6 Å². The summed E-state index contributed by atoms with van der Waals surface area (Å²) >= 11 is 6.48. The van der Waals surface area contributed by atoms with Crippen molar-refractivity contribution < 1.29 is 52.7 Å². The van der Waals surface area contributed by atoms with Crippen molar-refractivity contribution in [2.75, 3.05) is 60.6 Å². The van der Waals surface area contributed by atoms with Crippen molar-refractivity contribution in [2.45, 2.75) is 95.7 Å². The molecule has 0 bridgehead atoms. The number of carbonyl (C=O) groups is 4. The highest BCUT2D eigenvalue weighted by atomic mass is 35.5. The number of ether oxygens (including phenoxy) is 6. The van der Waals surface area contributed by atoms with Crippen molar-refractivity contribution in [1.29, 1.82) is 0 Å². The molecule has 1 aliphatic rings. The van der Waals surface area contributed by atoms with E-state index in [1.807, 2.05) is 51.1 Å². The molecule has 2 rings (SSSR count). The molecule has 1 saturated heterocycles.